The number of allylic oxidation sites excluding steroid dienone is 1. The lowest BCUT2D eigenvalue weighted by molar-refractivity contribution is -0.173. The van der Waals surface area contributed by atoms with E-state index in [2.05, 4.69) is 0 Å². The van der Waals surface area contributed by atoms with Crippen molar-refractivity contribution in [1.82, 2.24) is 4.90 Å². The molecule has 2 aliphatic heterocycles. The lowest BCUT2D eigenvalue weighted by atomic mass is 9.81. The molecule has 0 aliphatic carbocycles. The van der Waals surface area contributed by atoms with Gasteiger partial charge in [-0.3, -0.25) is 9.59 Å². The van der Waals surface area contributed by atoms with Gasteiger partial charge in [-0.05, 0) is 31.6 Å². The van der Waals surface area contributed by atoms with Gasteiger partial charge in [0.1, 0.15) is 5.58 Å². The van der Waals surface area contributed by atoms with Gasteiger partial charge in [0.2, 0.25) is 6.29 Å². The van der Waals surface area contributed by atoms with Crippen molar-refractivity contribution in [1.29, 1.82) is 0 Å². The standard InChI is InChI=1S/C27H35NO9/c1-2-35-27-19(7-11-32-15-16-34-14-10-29)21(17-24(37-27)26(31)28-8-12-33-13-9-28)22-18-36-23-6-4-3-5-20(23)25(22)30/h3-6,17-19,21,27,29H,2,7-16H2,1H3/t19-,21-,27+/m1/s1. The Balaban J connectivity index is 1.63. The van der Waals surface area contributed by atoms with Crippen LogP contribution in [0.3, 0.4) is 0 Å². The number of fused-ring (bicyclic) bond motifs is 1. The summed E-state index contributed by atoms with van der Waals surface area (Å²) in [4.78, 5) is 28.6. The molecule has 202 valence electrons. The number of para-hydroxylation sites is 1. The lowest BCUT2D eigenvalue weighted by Crippen LogP contribution is -2.45. The first-order valence-corrected chi connectivity index (χ1v) is 12.8. The Bertz CT molecular complexity index is 1110. The van der Waals surface area contributed by atoms with E-state index in [-0.39, 0.29) is 36.2 Å². The second-order valence-electron chi connectivity index (χ2n) is 8.82. The molecule has 37 heavy (non-hydrogen) atoms. The fourth-order valence-electron chi connectivity index (χ4n) is 4.64. The molecule has 1 saturated heterocycles. The summed E-state index contributed by atoms with van der Waals surface area (Å²) >= 11 is 0. The SMILES string of the molecule is CCO[C@H]1OC(C(=O)N2CCOCC2)=C[C@@H](c2coc3ccccc3c2=O)[C@H]1CCOCCOCCO. The molecule has 3 atom stereocenters. The van der Waals surface area contributed by atoms with Gasteiger partial charge in [-0.2, -0.15) is 0 Å². The molecule has 1 aromatic heterocycles. The van der Waals surface area contributed by atoms with Crippen LogP contribution in [0.2, 0.25) is 0 Å². The zero-order valence-corrected chi connectivity index (χ0v) is 21.1. The summed E-state index contributed by atoms with van der Waals surface area (Å²) in [5, 5.41) is 9.30. The van der Waals surface area contributed by atoms with Crippen molar-refractivity contribution >= 4 is 16.9 Å². The highest BCUT2D eigenvalue weighted by Gasteiger charge is 2.40. The zero-order valence-electron chi connectivity index (χ0n) is 21.1. The molecule has 0 bridgehead atoms. The first-order chi connectivity index (χ1) is 18.1. The van der Waals surface area contributed by atoms with Crippen LogP contribution in [0, 0.1) is 5.92 Å². The van der Waals surface area contributed by atoms with Crippen LogP contribution in [-0.2, 0) is 28.5 Å². The van der Waals surface area contributed by atoms with Crippen LogP contribution in [0.4, 0.5) is 0 Å². The summed E-state index contributed by atoms with van der Waals surface area (Å²) < 4.78 is 34.2. The second kappa shape index (κ2) is 13.7. The molecular weight excluding hydrogens is 482 g/mol. The van der Waals surface area contributed by atoms with Gasteiger partial charge >= 0.3 is 0 Å². The predicted molar refractivity (Wildman–Crippen MR) is 134 cm³/mol. The number of benzene rings is 1. The minimum Gasteiger partial charge on any atom is -0.464 e. The summed E-state index contributed by atoms with van der Waals surface area (Å²) in [6, 6.07) is 7.09. The van der Waals surface area contributed by atoms with Gasteiger partial charge in [0.05, 0.1) is 51.3 Å². The predicted octanol–water partition coefficient (Wildman–Crippen LogP) is 2.04. The molecule has 1 aromatic carbocycles. The number of carbonyl (C=O) groups is 1. The molecule has 1 N–H and O–H groups in total. The molecular formula is C27H35NO9. The molecule has 1 fully saturated rings. The van der Waals surface area contributed by atoms with Crippen molar-refractivity contribution in [2.75, 3.05) is 65.9 Å². The maximum Gasteiger partial charge on any atom is 0.288 e. The smallest absolute Gasteiger partial charge is 0.288 e. The molecule has 10 heteroatoms. The first-order valence-electron chi connectivity index (χ1n) is 12.8. The van der Waals surface area contributed by atoms with Crippen molar-refractivity contribution in [2.24, 2.45) is 5.92 Å². The number of hydrogen-bond acceptors (Lipinski definition) is 9. The first kappa shape index (κ1) is 27.3. The highest BCUT2D eigenvalue weighted by Crippen LogP contribution is 2.38. The molecule has 1 amide bonds. The van der Waals surface area contributed by atoms with E-state index in [1.165, 1.54) is 6.26 Å². The Hall–Kier alpha value is -2.76. The maximum absolute atomic E-state index is 13.5. The number of amides is 1. The molecule has 0 saturated carbocycles. The highest BCUT2D eigenvalue weighted by atomic mass is 16.7. The molecule has 0 spiro atoms. The van der Waals surface area contributed by atoms with E-state index >= 15 is 0 Å². The summed E-state index contributed by atoms with van der Waals surface area (Å²) in [6.45, 7) is 5.43. The quantitative estimate of drug-likeness (QED) is 0.422. The van der Waals surface area contributed by atoms with E-state index in [1.54, 1.807) is 29.2 Å². The van der Waals surface area contributed by atoms with Gasteiger partial charge in [0.25, 0.3) is 5.91 Å². The number of nitrogens with zero attached hydrogens (tertiary/aromatic N) is 1. The summed E-state index contributed by atoms with van der Waals surface area (Å²) in [5.41, 5.74) is 0.790. The molecule has 4 rings (SSSR count). The van der Waals surface area contributed by atoms with Gasteiger partial charge in [0.15, 0.2) is 11.2 Å². The Morgan fingerprint density at radius 1 is 1.11 bits per heavy atom. The van der Waals surface area contributed by atoms with Crippen molar-refractivity contribution in [2.45, 2.75) is 25.6 Å². The Morgan fingerprint density at radius 3 is 2.62 bits per heavy atom. The largest absolute Gasteiger partial charge is 0.464 e. The van der Waals surface area contributed by atoms with E-state index in [1.807, 2.05) is 13.0 Å². The highest BCUT2D eigenvalue weighted by molar-refractivity contribution is 5.92. The number of ether oxygens (including phenoxy) is 5. The van der Waals surface area contributed by atoms with Gasteiger partial charge < -0.3 is 38.1 Å². The van der Waals surface area contributed by atoms with Crippen LogP contribution in [-0.4, -0.2) is 88.1 Å². The summed E-state index contributed by atoms with van der Waals surface area (Å²) in [6.07, 6.45) is 2.97. The minimum atomic E-state index is -0.750. The van der Waals surface area contributed by atoms with Crippen molar-refractivity contribution < 1.29 is 38.0 Å². The van der Waals surface area contributed by atoms with Gasteiger partial charge in [0, 0.05) is 43.7 Å². The van der Waals surface area contributed by atoms with Gasteiger partial charge in [-0.25, -0.2) is 0 Å². The average molecular weight is 518 g/mol. The Kier molecular flexibility index (Phi) is 10.1. The van der Waals surface area contributed by atoms with Crippen molar-refractivity contribution in [3.63, 3.8) is 0 Å². The molecule has 0 unspecified atom stereocenters. The normalized spacial score (nSPS) is 22.1. The van der Waals surface area contributed by atoms with Gasteiger partial charge in [-0.15, -0.1) is 0 Å². The Morgan fingerprint density at radius 2 is 1.86 bits per heavy atom. The minimum absolute atomic E-state index is 0.0384. The van der Waals surface area contributed by atoms with Crippen LogP contribution >= 0.6 is 0 Å². The Labute approximate surface area is 215 Å². The lowest BCUT2D eigenvalue weighted by Gasteiger charge is -2.38. The summed E-state index contributed by atoms with van der Waals surface area (Å²) in [7, 11) is 0. The average Bonchev–Trinajstić information content (AvgIpc) is 2.93. The molecule has 2 aromatic rings. The van der Waals surface area contributed by atoms with Crippen LogP contribution < -0.4 is 5.43 Å². The van der Waals surface area contributed by atoms with Crippen molar-refractivity contribution in [3.8, 4) is 0 Å². The molecule has 2 aliphatic rings. The third-order valence-corrected chi connectivity index (χ3v) is 6.49. The van der Waals surface area contributed by atoms with Gasteiger partial charge in [-0.1, -0.05) is 12.1 Å². The number of rotatable bonds is 12. The van der Waals surface area contributed by atoms with Crippen LogP contribution in [0.1, 0.15) is 24.8 Å². The fraction of sp³-hybridized carbons (Fsp3) is 0.556. The monoisotopic (exact) mass is 517 g/mol. The van der Waals surface area contributed by atoms with Crippen LogP contribution in [0.15, 0.2) is 51.6 Å². The second-order valence-corrected chi connectivity index (χ2v) is 8.82. The van der Waals surface area contributed by atoms with Crippen LogP contribution in [0.25, 0.3) is 11.0 Å². The molecule has 0 radical (unpaired) electrons. The third kappa shape index (κ3) is 6.77. The fourth-order valence-corrected chi connectivity index (χ4v) is 4.64. The number of carbonyl (C=O) groups excluding carboxylic acids is 1. The topological polar surface area (TPSA) is 117 Å². The number of aliphatic hydroxyl groups is 1. The molecule has 10 nitrogen and oxygen atoms in total. The number of aliphatic hydroxyl groups excluding tert-OH is 1. The van der Waals surface area contributed by atoms with Crippen molar-refractivity contribution in [3.05, 3.63) is 58.2 Å². The number of hydrogen-bond donors (Lipinski definition) is 1. The summed E-state index contributed by atoms with van der Waals surface area (Å²) in [5.74, 6) is -0.879. The van der Waals surface area contributed by atoms with E-state index < -0.39 is 12.2 Å². The van der Waals surface area contributed by atoms with E-state index in [0.717, 1.165) is 0 Å². The zero-order chi connectivity index (χ0) is 26.0. The number of morpholine rings is 1. The van der Waals surface area contributed by atoms with E-state index in [9.17, 15) is 9.59 Å². The maximum atomic E-state index is 13.5. The molecule has 3 heterocycles. The van der Waals surface area contributed by atoms with E-state index in [4.69, 9.17) is 33.2 Å². The third-order valence-electron chi connectivity index (χ3n) is 6.49. The van der Waals surface area contributed by atoms with E-state index in [0.29, 0.717) is 75.7 Å². The van der Waals surface area contributed by atoms with Crippen LogP contribution in [0.5, 0.6) is 0 Å².